The number of hydrogen-bond donors (Lipinski definition) is 1. The third-order valence-electron chi connectivity index (χ3n) is 3.41. The lowest BCUT2D eigenvalue weighted by Crippen LogP contribution is -2.91. The number of imide groups is 1. The van der Waals surface area contributed by atoms with E-state index < -0.39 is 12.0 Å². The minimum Gasteiger partial charge on any atom is -0.462 e. The molecule has 1 atom stereocenters. The third-order valence-corrected chi connectivity index (χ3v) is 3.41. The average molecular weight is 303 g/mol. The summed E-state index contributed by atoms with van der Waals surface area (Å²) in [5.41, 5.74) is 0.858. The van der Waals surface area contributed by atoms with Gasteiger partial charge in [-0.05, 0) is 37.3 Å². The van der Waals surface area contributed by atoms with Crippen LogP contribution in [0.2, 0.25) is 0 Å². The summed E-state index contributed by atoms with van der Waals surface area (Å²) in [4.78, 5) is 37.1. The molecule has 1 saturated heterocycles. The molecular formula is C16H19N2O4+. The van der Waals surface area contributed by atoms with E-state index in [1.165, 1.54) is 4.90 Å². The smallest absolute Gasteiger partial charge is 0.338 e. The number of anilines is 1. The van der Waals surface area contributed by atoms with Crippen LogP contribution in [0.3, 0.4) is 0 Å². The van der Waals surface area contributed by atoms with Crippen molar-refractivity contribution >= 4 is 23.5 Å². The van der Waals surface area contributed by atoms with Crippen LogP contribution in [0.5, 0.6) is 0 Å². The Bertz CT molecular complexity index is 595. The van der Waals surface area contributed by atoms with E-state index in [1.54, 1.807) is 42.6 Å². The van der Waals surface area contributed by atoms with Crippen molar-refractivity contribution in [3.63, 3.8) is 0 Å². The fourth-order valence-corrected chi connectivity index (χ4v) is 2.33. The number of nitrogens with zero attached hydrogens (tertiary/aromatic N) is 1. The SMILES string of the molecule is C=CC[NH2+][C@@H]1CC(=O)N(c2ccc(C(=O)OCC)cc2)C1=O. The number of carbonyl (C=O) groups is 3. The molecule has 0 aromatic heterocycles. The molecule has 6 nitrogen and oxygen atoms in total. The Kier molecular flexibility index (Phi) is 5.06. The summed E-state index contributed by atoms with van der Waals surface area (Å²) < 4.78 is 4.90. The molecule has 1 fully saturated rings. The van der Waals surface area contributed by atoms with Crippen LogP contribution in [0.25, 0.3) is 0 Å². The van der Waals surface area contributed by atoms with Gasteiger partial charge in [-0.2, -0.15) is 0 Å². The highest BCUT2D eigenvalue weighted by molar-refractivity contribution is 6.21. The van der Waals surface area contributed by atoms with Crippen LogP contribution < -0.4 is 10.2 Å². The molecule has 116 valence electrons. The van der Waals surface area contributed by atoms with Crippen LogP contribution in [0, 0.1) is 0 Å². The van der Waals surface area contributed by atoms with Gasteiger partial charge in [0.15, 0.2) is 6.04 Å². The zero-order valence-electron chi connectivity index (χ0n) is 12.5. The Morgan fingerprint density at radius 3 is 2.68 bits per heavy atom. The van der Waals surface area contributed by atoms with Crippen molar-refractivity contribution in [3.8, 4) is 0 Å². The van der Waals surface area contributed by atoms with E-state index in [2.05, 4.69) is 6.58 Å². The first-order valence-corrected chi connectivity index (χ1v) is 7.16. The molecule has 1 aromatic carbocycles. The van der Waals surface area contributed by atoms with Crippen molar-refractivity contribution in [1.82, 2.24) is 0 Å². The first kappa shape index (κ1) is 15.9. The van der Waals surface area contributed by atoms with Gasteiger partial charge in [-0.25, -0.2) is 9.69 Å². The second kappa shape index (κ2) is 7.00. The van der Waals surface area contributed by atoms with Crippen molar-refractivity contribution in [2.24, 2.45) is 0 Å². The second-order valence-electron chi connectivity index (χ2n) is 4.91. The van der Waals surface area contributed by atoms with Crippen molar-refractivity contribution in [2.75, 3.05) is 18.1 Å². The van der Waals surface area contributed by atoms with Crippen LogP contribution in [0.1, 0.15) is 23.7 Å². The summed E-state index contributed by atoms with van der Waals surface area (Å²) in [6, 6.07) is 5.86. The van der Waals surface area contributed by atoms with Gasteiger partial charge in [0.05, 0.1) is 30.8 Å². The number of rotatable bonds is 6. The second-order valence-corrected chi connectivity index (χ2v) is 4.91. The molecule has 0 radical (unpaired) electrons. The highest BCUT2D eigenvalue weighted by Crippen LogP contribution is 2.22. The van der Waals surface area contributed by atoms with E-state index in [4.69, 9.17) is 4.74 Å². The molecule has 2 N–H and O–H groups in total. The molecule has 6 heteroatoms. The van der Waals surface area contributed by atoms with Gasteiger partial charge < -0.3 is 10.1 Å². The third kappa shape index (κ3) is 3.23. The molecule has 1 aliphatic heterocycles. The maximum Gasteiger partial charge on any atom is 0.338 e. The molecule has 0 aliphatic carbocycles. The number of ether oxygens (including phenoxy) is 1. The molecule has 0 spiro atoms. The van der Waals surface area contributed by atoms with Gasteiger partial charge in [0.25, 0.3) is 5.91 Å². The number of benzene rings is 1. The zero-order chi connectivity index (χ0) is 16.1. The van der Waals surface area contributed by atoms with Crippen LogP contribution in [0.4, 0.5) is 5.69 Å². The highest BCUT2D eigenvalue weighted by Gasteiger charge is 2.41. The lowest BCUT2D eigenvalue weighted by molar-refractivity contribution is -0.666. The van der Waals surface area contributed by atoms with Gasteiger partial charge in [0, 0.05) is 0 Å². The first-order valence-electron chi connectivity index (χ1n) is 7.16. The first-order chi connectivity index (χ1) is 10.6. The summed E-state index contributed by atoms with van der Waals surface area (Å²) >= 11 is 0. The summed E-state index contributed by atoms with van der Waals surface area (Å²) in [5.74, 6) is -0.903. The molecule has 2 amide bonds. The fourth-order valence-electron chi connectivity index (χ4n) is 2.33. The lowest BCUT2D eigenvalue weighted by Gasteiger charge is -2.14. The normalized spacial score (nSPS) is 17.7. The average Bonchev–Trinajstić information content (AvgIpc) is 2.80. The zero-order valence-corrected chi connectivity index (χ0v) is 12.5. The molecule has 0 unspecified atom stereocenters. The van der Waals surface area contributed by atoms with Crippen molar-refractivity contribution in [2.45, 2.75) is 19.4 Å². The molecule has 0 saturated carbocycles. The highest BCUT2D eigenvalue weighted by atomic mass is 16.5. The van der Waals surface area contributed by atoms with Crippen molar-refractivity contribution < 1.29 is 24.4 Å². The monoisotopic (exact) mass is 303 g/mol. The Morgan fingerprint density at radius 2 is 2.09 bits per heavy atom. The van der Waals surface area contributed by atoms with Crippen LogP contribution >= 0.6 is 0 Å². The molecular weight excluding hydrogens is 284 g/mol. The van der Waals surface area contributed by atoms with Crippen LogP contribution in [0.15, 0.2) is 36.9 Å². The maximum absolute atomic E-state index is 12.3. The van der Waals surface area contributed by atoms with E-state index in [9.17, 15) is 14.4 Å². The predicted octanol–water partition coefficient (Wildman–Crippen LogP) is 0.245. The Hall–Kier alpha value is -2.47. The van der Waals surface area contributed by atoms with Crippen molar-refractivity contribution in [1.29, 1.82) is 0 Å². The largest absolute Gasteiger partial charge is 0.462 e. The van der Waals surface area contributed by atoms with Crippen LogP contribution in [-0.2, 0) is 14.3 Å². The number of carbonyl (C=O) groups excluding carboxylic acids is 3. The standard InChI is InChI=1S/C16H18N2O4/c1-3-9-17-13-10-14(19)18(15(13)20)12-7-5-11(6-8-12)16(21)22-4-2/h3,5-8,13,17H,1,4,9-10H2,2H3/p+1/t13-/m1/s1. The van der Waals surface area contributed by atoms with Gasteiger partial charge in [-0.15, -0.1) is 0 Å². The van der Waals surface area contributed by atoms with Crippen LogP contribution in [-0.4, -0.2) is 37.0 Å². The number of amides is 2. The Labute approximate surface area is 128 Å². The lowest BCUT2D eigenvalue weighted by atomic mass is 10.2. The quantitative estimate of drug-likeness (QED) is 0.464. The summed E-state index contributed by atoms with van der Waals surface area (Å²) in [5, 5.41) is 1.79. The predicted molar refractivity (Wildman–Crippen MR) is 80.3 cm³/mol. The number of quaternary nitrogens is 1. The Morgan fingerprint density at radius 1 is 1.41 bits per heavy atom. The van der Waals surface area contributed by atoms with E-state index >= 15 is 0 Å². The molecule has 0 bridgehead atoms. The van der Waals surface area contributed by atoms with E-state index in [1.807, 2.05) is 0 Å². The van der Waals surface area contributed by atoms with E-state index in [-0.39, 0.29) is 18.2 Å². The minimum absolute atomic E-state index is 0.173. The summed E-state index contributed by atoms with van der Waals surface area (Å²) in [7, 11) is 0. The maximum atomic E-state index is 12.3. The molecule has 22 heavy (non-hydrogen) atoms. The summed E-state index contributed by atoms with van der Waals surface area (Å²) in [6.45, 7) is 6.21. The summed E-state index contributed by atoms with van der Waals surface area (Å²) in [6.07, 6.45) is 1.86. The number of nitrogens with two attached hydrogens (primary N) is 1. The van der Waals surface area contributed by atoms with E-state index in [0.717, 1.165) is 0 Å². The van der Waals surface area contributed by atoms with Gasteiger partial charge in [0.2, 0.25) is 5.91 Å². The number of esters is 1. The van der Waals surface area contributed by atoms with Crippen molar-refractivity contribution in [3.05, 3.63) is 42.5 Å². The molecule has 2 rings (SSSR count). The van der Waals surface area contributed by atoms with Gasteiger partial charge in [-0.3, -0.25) is 9.59 Å². The topological polar surface area (TPSA) is 80.3 Å². The molecule has 1 heterocycles. The minimum atomic E-state index is -0.426. The number of hydrogen-bond acceptors (Lipinski definition) is 4. The van der Waals surface area contributed by atoms with E-state index in [0.29, 0.717) is 24.4 Å². The fraction of sp³-hybridized carbons (Fsp3) is 0.312. The molecule has 1 aromatic rings. The van der Waals surface area contributed by atoms with Gasteiger partial charge in [-0.1, -0.05) is 6.58 Å². The Balaban J connectivity index is 2.14. The van der Waals surface area contributed by atoms with Gasteiger partial charge in [0.1, 0.15) is 0 Å². The molecule has 1 aliphatic rings. The van der Waals surface area contributed by atoms with Gasteiger partial charge >= 0.3 is 5.97 Å².